The maximum atomic E-state index is 12.2. The summed E-state index contributed by atoms with van der Waals surface area (Å²) in [6.07, 6.45) is 0. The second kappa shape index (κ2) is 7.47. The molecule has 0 amide bonds. The Morgan fingerprint density at radius 2 is 1.96 bits per heavy atom. The van der Waals surface area contributed by atoms with Crippen molar-refractivity contribution >= 4 is 17.5 Å². The number of hydrogen-bond acceptors (Lipinski definition) is 8. The average Bonchev–Trinajstić information content (AvgIpc) is 3.07. The van der Waals surface area contributed by atoms with E-state index < -0.39 is 5.97 Å². The van der Waals surface area contributed by atoms with Gasteiger partial charge in [0.2, 0.25) is 0 Å². The van der Waals surface area contributed by atoms with Gasteiger partial charge in [-0.2, -0.15) is 11.0 Å². The van der Waals surface area contributed by atoms with E-state index in [2.05, 4.69) is 21.4 Å². The van der Waals surface area contributed by atoms with Crippen LogP contribution >= 0.6 is 0 Å². The Hall–Kier alpha value is -3.68. The minimum atomic E-state index is -0.541. The third-order valence-corrected chi connectivity index (χ3v) is 3.71. The average molecular weight is 353 g/mol. The lowest BCUT2D eigenvalue weighted by atomic mass is 10.1. The van der Waals surface area contributed by atoms with Gasteiger partial charge in [-0.1, -0.05) is 30.3 Å². The standard InChI is InChI=1S/C18H19N5O3/c1-11-8-9-12(2)14(10-11)20-17(15-16(19)22-26-21-15)23-25-18(24)13-6-4-3-5-7-13/h3-10,20-21,23H,1-2H3,(H2,19,22). The van der Waals surface area contributed by atoms with Crippen molar-refractivity contribution in [2.75, 3.05) is 5.32 Å². The summed E-state index contributed by atoms with van der Waals surface area (Å²) in [4.78, 5) is 22.1. The highest BCUT2D eigenvalue weighted by Gasteiger charge is 2.20. The van der Waals surface area contributed by atoms with E-state index in [1.807, 2.05) is 38.1 Å². The van der Waals surface area contributed by atoms with Crippen LogP contribution in [-0.4, -0.2) is 11.8 Å². The second-order valence-corrected chi connectivity index (χ2v) is 5.72. The number of amidine groups is 1. The van der Waals surface area contributed by atoms with Gasteiger partial charge < -0.3 is 15.9 Å². The summed E-state index contributed by atoms with van der Waals surface area (Å²) >= 11 is 0. The first-order valence-corrected chi connectivity index (χ1v) is 7.91. The Morgan fingerprint density at radius 3 is 2.65 bits per heavy atom. The van der Waals surface area contributed by atoms with Crippen LogP contribution in [0.1, 0.15) is 21.5 Å². The number of carbonyl (C=O) groups excluding carboxylic acids is 1. The number of nitrogens with two attached hydrogens (primary N) is 1. The predicted octanol–water partition coefficient (Wildman–Crippen LogP) is 2.05. The largest absolute Gasteiger partial charge is 0.379 e. The summed E-state index contributed by atoms with van der Waals surface area (Å²) < 4.78 is 0. The molecule has 8 heteroatoms. The summed E-state index contributed by atoms with van der Waals surface area (Å²) in [6.45, 7) is 3.93. The topological polar surface area (TPSA) is 110 Å². The number of carbonyl (C=O) groups is 1. The van der Waals surface area contributed by atoms with Crippen molar-refractivity contribution in [3.63, 3.8) is 0 Å². The molecular formula is C18H19N5O3. The first-order chi connectivity index (χ1) is 12.5. The maximum Gasteiger partial charge on any atom is 0.362 e. The van der Waals surface area contributed by atoms with Crippen LogP contribution in [0, 0.1) is 13.8 Å². The van der Waals surface area contributed by atoms with Crippen LogP contribution < -0.4 is 22.0 Å². The number of nitrogens with zero attached hydrogens (tertiary/aromatic N) is 1. The molecule has 0 unspecified atom stereocenters. The van der Waals surface area contributed by atoms with E-state index in [-0.39, 0.29) is 5.84 Å². The molecule has 0 spiro atoms. The highest BCUT2D eigenvalue weighted by Crippen LogP contribution is 2.19. The Morgan fingerprint density at radius 1 is 1.19 bits per heavy atom. The van der Waals surface area contributed by atoms with Gasteiger partial charge in [-0.25, -0.2) is 4.79 Å². The first-order valence-electron chi connectivity index (χ1n) is 7.91. The smallest absolute Gasteiger partial charge is 0.362 e. The maximum absolute atomic E-state index is 12.2. The molecule has 5 N–H and O–H groups in total. The van der Waals surface area contributed by atoms with Crippen LogP contribution in [0.25, 0.3) is 0 Å². The van der Waals surface area contributed by atoms with E-state index in [9.17, 15) is 4.79 Å². The molecule has 0 radical (unpaired) electrons. The van der Waals surface area contributed by atoms with Crippen molar-refractivity contribution in [3.05, 3.63) is 76.7 Å². The highest BCUT2D eigenvalue weighted by atomic mass is 16.8. The zero-order valence-corrected chi connectivity index (χ0v) is 14.4. The van der Waals surface area contributed by atoms with E-state index in [0.717, 1.165) is 16.8 Å². The van der Waals surface area contributed by atoms with E-state index >= 15 is 0 Å². The number of nitrogens with one attached hydrogen (secondary N) is 3. The van der Waals surface area contributed by atoms with E-state index in [0.29, 0.717) is 17.1 Å². The van der Waals surface area contributed by atoms with Crippen LogP contribution in [0.2, 0.25) is 0 Å². The van der Waals surface area contributed by atoms with Gasteiger partial charge in [0.15, 0.2) is 17.4 Å². The molecule has 26 heavy (non-hydrogen) atoms. The normalized spacial score (nSPS) is 14.6. The van der Waals surface area contributed by atoms with Gasteiger partial charge in [0.25, 0.3) is 0 Å². The van der Waals surface area contributed by atoms with E-state index in [1.165, 1.54) is 0 Å². The van der Waals surface area contributed by atoms with Crippen LogP contribution in [0.3, 0.4) is 0 Å². The van der Waals surface area contributed by atoms with Crippen molar-refractivity contribution in [1.29, 1.82) is 0 Å². The number of hydrogen-bond donors (Lipinski definition) is 4. The molecule has 1 aliphatic rings. The Kier molecular flexibility index (Phi) is 4.93. The molecule has 0 aliphatic carbocycles. The van der Waals surface area contributed by atoms with E-state index in [1.54, 1.807) is 24.3 Å². The van der Waals surface area contributed by atoms with Gasteiger partial charge in [0.05, 0.1) is 5.56 Å². The van der Waals surface area contributed by atoms with E-state index in [4.69, 9.17) is 15.5 Å². The number of oxime groups is 1. The monoisotopic (exact) mass is 353 g/mol. The number of aryl methyl sites for hydroxylation is 2. The SMILES string of the molecule is Cc1ccc(C)c(NC(NOC(=O)c2ccccc2)=C2NON=C2N)c1. The summed E-state index contributed by atoms with van der Waals surface area (Å²) in [6, 6.07) is 14.6. The van der Waals surface area contributed by atoms with Crippen molar-refractivity contribution < 1.29 is 14.6 Å². The molecule has 3 rings (SSSR count). The van der Waals surface area contributed by atoms with Crippen LogP contribution in [0.15, 0.2) is 65.2 Å². The first kappa shape index (κ1) is 17.2. The number of hydroxylamine groups is 2. The van der Waals surface area contributed by atoms with Gasteiger partial charge in [0.1, 0.15) is 0 Å². The lowest BCUT2D eigenvalue weighted by molar-refractivity contribution is 0.0317. The molecule has 1 aliphatic heterocycles. The molecular weight excluding hydrogens is 334 g/mol. The van der Waals surface area contributed by atoms with Crippen molar-refractivity contribution in [1.82, 2.24) is 11.0 Å². The molecule has 0 saturated carbocycles. The number of rotatable bonds is 5. The minimum Gasteiger partial charge on any atom is -0.379 e. The summed E-state index contributed by atoms with van der Waals surface area (Å²) in [7, 11) is 0. The molecule has 0 atom stereocenters. The Balaban J connectivity index is 1.82. The summed E-state index contributed by atoms with van der Waals surface area (Å²) in [5, 5.41) is 6.77. The molecule has 0 aromatic heterocycles. The van der Waals surface area contributed by atoms with Crippen molar-refractivity contribution in [2.24, 2.45) is 10.9 Å². The zero-order valence-electron chi connectivity index (χ0n) is 14.4. The fourth-order valence-electron chi connectivity index (χ4n) is 2.27. The number of anilines is 1. The highest BCUT2D eigenvalue weighted by molar-refractivity contribution is 5.97. The predicted molar refractivity (Wildman–Crippen MR) is 97.4 cm³/mol. The lowest BCUT2D eigenvalue weighted by Crippen LogP contribution is -2.31. The quantitative estimate of drug-likeness (QED) is 0.609. The Labute approximate surface area is 150 Å². The number of benzene rings is 2. The van der Waals surface area contributed by atoms with Crippen LogP contribution in [0.4, 0.5) is 5.69 Å². The molecule has 134 valence electrons. The summed E-state index contributed by atoms with van der Waals surface area (Å²) in [5.41, 5.74) is 14.6. The molecule has 0 fully saturated rings. The Bertz CT molecular complexity index is 878. The summed E-state index contributed by atoms with van der Waals surface area (Å²) in [5.74, 6) is -0.135. The molecule has 2 aromatic carbocycles. The minimum absolute atomic E-state index is 0.112. The van der Waals surface area contributed by atoms with Crippen molar-refractivity contribution in [2.45, 2.75) is 13.8 Å². The van der Waals surface area contributed by atoms with Gasteiger partial charge in [-0.15, -0.1) is 0 Å². The molecule has 0 saturated heterocycles. The van der Waals surface area contributed by atoms with Gasteiger partial charge in [0, 0.05) is 5.69 Å². The second-order valence-electron chi connectivity index (χ2n) is 5.72. The van der Waals surface area contributed by atoms with Gasteiger partial charge >= 0.3 is 5.97 Å². The van der Waals surface area contributed by atoms with Gasteiger partial charge in [-0.05, 0) is 48.3 Å². The zero-order chi connectivity index (χ0) is 18.5. The third-order valence-electron chi connectivity index (χ3n) is 3.71. The molecule has 8 nitrogen and oxygen atoms in total. The molecule has 2 aromatic rings. The van der Waals surface area contributed by atoms with Crippen LogP contribution in [-0.2, 0) is 9.78 Å². The fourth-order valence-corrected chi connectivity index (χ4v) is 2.27. The third kappa shape index (κ3) is 3.86. The van der Waals surface area contributed by atoms with Crippen molar-refractivity contribution in [3.8, 4) is 0 Å². The molecule has 0 bridgehead atoms. The lowest BCUT2D eigenvalue weighted by Gasteiger charge is -2.17. The van der Waals surface area contributed by atoms with Gasteiger partial charge in [-0.3, -0.25) is 4.94 Å². The fraction of sp³-hybridized carbons (Fsp3) is 0.111. The van der Waals surface area contributed by atoms with Crippen LogP contribution in [0.5, 0.6) is 0 Å². The molecule has 1 heterocycles.